The van der Waals surface area contributed by atoms with Crippen molar-refractivity contribution in [1.82, 2.24) is 5.16 Å². The van der Waals surface area contributed by atoms with Crippen molar-refractivity contribution in [3.63, 3.8) is 0 Å². The minimum atomic E-state index is 0.314. The number of hydrogen-bond donors (Lipinski definition) is 0. The van der Waals surface area contributed by atoms with Gasteiger partial charge in [-0.1, -0.05) is 18.0 Å². The summed E-state index contributed by atoms with van der Waals surface area (Å²) in [6.07, 6.45) is 6.43. The monoisotopic (exact) mass is 312 g/mol. The standard InChI is InChI=1S/C18H20N2O3/c1-21-16-9-12-11-5-3-4-6-14(11)20-18(15-7-8-19-23-15)13(12)10-17(16)22-2/h7-11,14H,3-6H2,1-2H3/t11-,14-/m0/s1. The largest absolute Gasteiger partial charge is 0.493 e. The van der Waals surface area contributed by atoms with Gasteiger partial charge in [-0.2, -0.15) is 0 Å². The molecule has 2 heterocycles. The minimum Gasteiger partial charge on any atom is -0.493 e. The van der Waals surface area contributed by atoms with Gasteiger partial charge in [0.15, 0.2) is 17.3 Å². The molecule has 2 aliphatic rings. The Bertz CT molecular complexity index is 737. The number of methoxy groups -OCH3 is 2. The average molecular weight is 312 g/mol. The Labute approximate surface area is 135 Å². The highest BCUT2D eigenvalue weighted by molar-refractivity contribution is 6.13. The van der Waals surface area contributed by atoms with Gasteiger partial charge in [0.05, 0.1) is 26.5 Å². The predicted molar refractivity (Wildman–Crippen MR) is 86.7 cm³/mol. The molecule has 0 amide bonds. The molecule has 0 bridgehead atoms. The average Bonchev–Trinajstić information content (AvgIpc) is 3.14. The molecule has 1 aliphatic carbocycles. The normalized spacial score (nSPS) is 22.8. The van der Waals surface area contributed by atoms with Gasteiger partial charge in [0, 0.05) is 17.5 Å². The highest BCUT2D eigenvalue weighted by atomic mass is 16.5. The van der Waals surface area contributed by atoms with Crippen LogP contribution in [0.4, 0.5) is 0 Å². The fourth-order valence-electron chi connectivity index (χ4n) is 3.80. The number of fused-ring (bicyclic) bond motifs is 3. The van der Waals surface area contributed by atoms with Gasteiger partial charge in [-0.05, 0) is 30.5 Å². The Hall–Kier alpha value is -2.30. The molecule has 1 aromatic carbocycles. The maximum Gasteiger partial charge on any atom is 0.185 e. The van der Waals surface area contributed by atoms with Gasteiger partial charge in [-0.25, -0.2) is 0 Å². The zero-order valence-electron chi connectivity index (χ0n) is 13.4. The van der Waals surface area contributed by atoms with Crippen molar-refractivity contribution in [2.24, 2.45) is 4.99 Å². The van der Waals surface area contributed by atoms with E-state index in [1.165, 1.54) is 24.8 Å². The van der Waals surface area contributed by atoms with E-state index in [2.05, 4.69) is 11.2 Å². The Kier molecular flexibility index (Phi) is 3.56. The van der Waals surface area contributed by atoms with E-state index in [9.17, 15) is 0 Å². The van der Waals surface area contributed by atoms with Crippen molar-refractivity contribution in [2.75, 3.05) is 14.2 Å². The van der Waals surface area contributed by atoms with Gasteiger partial charge < -0.3 is 14.0 Å². The topological polar surface area (TPSA) is 56.9 Å². The third kappa shape index (κ3) is 2.31. The Balaban J connectivity index is 1.91. The summed E-state index contributed by atoms with van der Waals surface area (Å²) >= 11 is 0. The van der Waals surface area contributed by atoms with E-state index in [1.807, 2.05) is 12.1 Å². The third-order valence-electron chi connectivity index (χ3n) is 4.91. The number of benzene rings is 1. The van der Waals surface area contributed by atoms with Crippen LogP contribution in [0, 0.1) is 0 Å². The molecule has 1 saturated carbocycles. The molecule has 120 valence electrons. The number of hydrogen-bond acceptors (Lipinski definition) is 5. The van der Waals surface area contributed by atoms with Gasteiger partial charge in [0.25, 0.3) is 0 Å². The Morgan fingerprint density at radius 1 is 1.09 bits per heavy atom. The first-order valence-electron chi connectivity index (χ1n) is 8.07. The zero-order chi connectivity index (χ0) is 15.8. The van der Waals surface area contributed by atoms with Crippen LogP contribution in [-0.4, -0.2) is 31.1 Å². The fraction of sp³-hybridized carbons (Fsp3) is 0.444. The molecule has 1 aliphatic heterocycles. The van der Waals surface area contributed by atoms with Gasteiger partial charge in [0.2, 0.25) is 0 Å². The summed E-state index contributed by atoms with van der Waals surface area (Å²) < 4.78 is 16.4. The maximum atomic E-state index is 5.51. The second-order valence-electron chi connectivity index (χ2n) is 6.11. The summed E-state index contributed by atoms with van der Waals surface area (Å²) in [4.78, 5) is 5.01. The number of rotatable bonds is 3. The second kappa shape index (κ2) is 5.72. The number of ether oxygens (including phenoxy) is 2. The highest BCUT2D eigenvalue weighted by Crippen LogP contribution is 2.44. The lowest BCUT2D eigenvalue weighted by Crippen LogP contribution is -2.29. The molecule has 0 N–H and O–H groups in total. The minimum absolute atomic E-state index is 0.314. The molecule has 1 aromatic heterocycles. The quantitative estimate of drug-likeness (QED) is 0.869. The van der Waals surface area contributed by atoms with Crippen LogP contribution in [0.3, 0.4) is 0 Å². The molecule has 5 heteroatoms. The summed E-state index contributed by atoms with van der Waals surface area (Å²) in [5.74, 6) is 2.65. The molecule has 4 rings (SSSR count). The van der Waals surface area contributed by atoms with E-state index in [4.69, 9.17) is 19.0 Å². The zero-order valence-corrected chi connectivity index (χ0v) is 13.4. The molecule has 0 radical (unpaired) electrons. The molecule has 1 fully saturated rings. The van der Waals surface area contributed by atoms with Crippen LogP contribution in [0.2, 0.25) is 0 Å². The Morgan fingerprint density at radius 3 is 2.61 bits per heavy atom. The molecule has 0 spiro atoms. The fourth-order valence-corrected chi connectivity index (χ4v) is 3.80. The molecule has 0 saturated heterocycles. The van der Waals surface area contributed by atoms with Gasteiger partial charge in [-0.15, -0.1) is 0 Å². The van der Waals surface area contributed by atoms with Crippen molar-refractivity contribution in [3.8, 4) is 11.5 Å². The van der Waals surface area contributed by atoms with Crippen molar-refractivity contribution in [3.05, 3.63) is 41.3 Å². The van der Waals surface area contributed by atoms with E-state index >= 15 is 0 Å². The van der Waals surface area contributed by atoms with E-state index in [0.29, 0.717) is 23.5 Å². The van der Waals surface area contributed by atoms with Crippen molar-refractivity contribution in [1.29, 1.82) is 0 Å². The highest BCUT2D eigenvalue weighted by Gasteiger charge is 2.35. The first kappa shape index (κ1) is 14.3. The predicted octanol–water partition coefficient (Wildman–Crippen LogP) is 3.57. The van der Waals surface area contributed by atoms with Crippen LogP contribution in [0.1, 0.15) is 48.5 Å². The van der Waals surface area contributed by atoms with Crippen molar-refractivity contribution >= 4 is 5.71 Å². The van der Waals surface area contributed by atoms with Crippen LogP contribution in [-0.2, 0) is 0 Å². The third-order valence-corrected chi connectivity index (χ3v) is 4.91. The summed E-state index contributed by atoms with van der Waals surface area (Å²) in [5, 5.41) is 3.84. The summed E-state index contributed by atoms with van der Waals surface area (Å²) in [6.45, 7) is 0. The molecule has 23 heavy (non-hydrogen) atoms. The summed E-state index contributed by atoms with van der Waals surface area (Å²) in [5.41, 5.74) is 3.23. The van der Waals surface area contributed by atoms with Gasteiger partial charge in [-0.3, -0.25) is 4.99 Å². The van der Waals surface area contributed by atoms with Gasteiger partial charge >= 0.3 is 0 Å². The lowest BCUT2D eigenvalue weighted by atomic mass is 9.75. The second-order valence-corrected chi connectivity index (χ2v) is 6.11. The SMILES string of the molecule is COc1cc2c(cc1OC)[C@@H]1CCCC[C@@H]1N=C2c1ccno1. The van der Waals surface area contributed by atoms with E-state index in [1.54, 1.807) is 20.4 Å². The van der Waals surface area contributed by atoms with Crippen molar-refractivity contribution < 1.29 is 14.0 Å². The lowest BCUT2D eigenvalue weighted by Gasteiger charge is -2.35. The lowest BCUT2D eigenvalue weighted by molar-refractivity contribution is 0.349. The maximum absolute atomic E-state index is 5.51. The van der Waals surface area contributed by atoms with Crippen LogP contribution in [0.15, 0.2) is 33.9 Å². The molecular formula is C18H20N2O3. The van der Waals surface area contributed by atoms with E-state index in [0.717, 1.165) is 23.4 Å². The van der Waals surface area contributed by atoms with Crippen LogP contribution < -0.4 is 9.47 Å². The van der Waals surface area contributed by atoms with Gasteiger partial charge in [0.1, 0.15) is 5.71 Å². The molecule has 5 nitrogen and oxygen atoms in total. The first-order valence-corrected chi connectivity index (χ1v) is 8.07. The summed E-state index contributed by atoms with van der Waals surface area (Å²) in [7, 11) is 3.33. The van der Waals surface area contributed by atoms with Crippen LogP contribution in [0.5, 0.6) is 11.5 Å². The van der Waals surface area contributed by atoms with Crippen LogP contribution >= 0.6 is 0 Å². The van der Waals surface area contributed by atoms with Crippen molar-refractivity contribution in [2.45, 2.75) is 37.6 Å². The van der Waals surface area contributed by atoms with E-state index in [-0.39, 0.29) is 0 Å². The number of nitrogens with zero attached hydrogens (tertiary/aromatic N) is 2. The molecular weight excluding hydrogens is 292 g/mol. The summed E-state index contributed by atoms with van der Waals surface area (Å²) in [6, 6.07) is 6.31. The molecule has 2 aromatic rings. The number of aromatic nitrogens is 1. The first-order chi connectivity index (χ1) is 11.3. The smallest absolute Gasteiger partial charge is 0.185 e. The molecule has 0 unspecified atom stereocenters. The van der Waals surface area contributed by atoms with E-state index < -0.39 is 0 Å². The number of aliphatic imine (C=N–C) groups is 1. The van der Waals surface area contributed by atoms with Crippen LogP contribution in [0.25, 0.3) is 0 Å². The Morgan fingerprint density at radius 2 is 1.87 bits per heavy atom. The molecule has 2 atom stereocenters.